The summed E-state index contributed by atoms with van der Waals surface area (Å²) in [5.74, 6) is -0.341. The molecule has 29 heavy (non-hydrogen) atoms. The van der Waals surface area contributed by atoms with Crippen LogP contribution in [0.15, 0.2) is 59.5 Å². The zero-order chi connectivity index (χ0) is 20.6. The van der Waals surface area contributed by atoms with E-state index in [9.17, 15) is 13.2 Å². The highest BCUT2D eigenvalue weighted by molar-refractivity contribution is 7.92. The first-order valence-electron chi connectivity index (χ1n) is 9.40. The van der Waals surface area contributed by atoms with Gasteiger partial charge >= 0.3 is 5.97 Å². The van der Waals surface area contributed by atoms with Crippen LogP contribution in [0.5, 0.6) is 0 Å². The number of hydrogen-bond acceptors (Lipinski definition) is 5. The van der Waals surface area contributed by atoms with Gasteiger partial charge < -0.3 is 4.74 Å². The minimum absolute atomic E-state index is 0.273. The van der Waals surface area contributed by atoms with Gasteiger partial charge in [-0.1, -0.05) is 35.9 Å². The summed E-state index contributed by atoms with van der Waals surface area (Å²) in [5.41, 5.74) is 3.34. The van der Waals surface area contributed by atoms with Crippen LogP contribution in [0.25, 0.3) is 11.1 Å². The lowest BCUT2D eigenvalue weighted by atomic mass is 10.0. The smallest absolute Gasteiger partial charge is 0.348 e. The zero-order valence-electron chi connectivity index (χ0n) is 16.2. The van der Waals surface area contributed by atoms with Crippen LogP contribution in [-0.4, -0.2) is 27.5 Å². The van der Waals surface area contributed by atoms with Crippen LogP contribution in [0.1, 0.15) is 27.0 Å². The van der Waals surface area contributed by atoms with E-state index in [1.807, 2.05) is 37.3 Å². The average Bonchev–Trinajstić information content (AvgIpc) is 3.06. The first-order valence-corrected chi connectivity index (χ1v) is 11.7. The number of fused-ring (bicyclic) bond motifs is 3. The van der Waals surface area contributed by atoms with Crippen molar-refractivity contribution in [3.05, 3.63) is 69.9 Å². The van der Waals surface area contributed by atoms with Gasteiger partial charge in [0.1, 0.15) is 4.88 Å². The lowest BCUT2D eigenvalue weighted by Gasteiger charge is -2.24. The molecule has 0 atom stereocenters. The number of carbonyl (C=O) groups is 1. The zero-order valence-corrected chi connectivity index (χ0v) is 17.8. The molecule has 150 valence electrons. The van der Waals surface area contributed by atoms with E-state index in [0.29, 0.717) is 30.1 Å². The number of rotatable bonds is 4. The molecule has 2 aromatic carbocycles. The van der Waals surface area contributed by atoms with Crippen LogP contribution in [-0.2, 0) is 21.2 Å². The highest BCUT2D eigenvalue weighted by atomic mass is 32.2. The van der Waals surface area contributed by atoms with Crippen molar-refractivity contribution >= 4 is 33.0 Å². The molecule has 1 aliphatic rings. The molecule has 4 rings (SSSR count). The Morgan fingerprint density at radius 3 is 2.55 bits per heavy atom. The number of thiophene rings is 1. The molecule has 0 fully saturated rings. The van der Waals surface area contributed by atoms with Gasteiger partial charge in [0.2, 0.25) is 0 Å². The number of benzene rings is 2. The number of hydrogen-bond donors (Lipinski definition) is 0. The van der Waals surface area contributed by atoms with Gasteiger partial charge in [0.15, 0.2) is 0 Å². The van der Waals surface area contributed by atoms with Gasteiger partial charge in [-0.2, -0.15) is 0 Å². The molecule has 7 heteroatoms. The lowest BCUT2D eigenvalue weighted by molar-refractivity contribution is 0.0532. The van der Waals surface area contributed by atoms with Crippen molar-refractivity contribution in [3.63, 3.8) is 0 Å². The Morgan fingerprint density at radius 2 is 1.83 bits per heavy atom. The topological polar surface area (TPSA) is 63.7 Å². The summed E-state index contributed by atoms with van der Waals surface area (Å²) in [5, 5.41) is 0. The molecule has 1 aliphatic heterocycles. The van der Waals surface area contributed by atoms with Gasteiger partial charge in [-0.25, -0.2) is 13.2 Å². The van der Waals surface area contributed by atoms with E-state index >= 15 is 0 Å². The summed E-state index contributed by atoms with van der Waals surface area (Å²) >= 11 is 1.37. The summed E-state index contributed by atoms with van der Waals surface area (Å²) in [6, 6.07) is 16.2. The standard InChI is InChI=1S/C22H21NO4S2/c1-3-27-22(24)21-14-18-17-6-4-5-7-19(17)23(13-12-20(18)28-21)29(25,26)16-10-8-15(2)9-11-16/h4-11,14H,3,12-13H2,1-2H3. The SMILES string of the molecule is CCOC(=O)c1cc2c(s1)CCN(S(=O)(=O)c1ccc(C)cc1)c1ccccc1-2. The number of aryl methyl sites for hydroxylation is 1. The third-order valence-electron chi connectivity index (χ3n) is 4.90. The Balaban J connectivity index is 1.81. The van der Waals surface area contributed by atoms with Crippen molar-refractivity contribution in [1.29, 1.82) is 0 Å². The molecular formula is C22H21NO4S2. The van der Waals surface area contributed by atoms with E-state index in [1.165, 1.54) is 15.6 Å². The third kappa shape index (κ3) is 3.56. The molecule has 0 bridgehead atoms. The van der Waals surface area contributed by atoms with E-state index in [0.717, 1.165) is 21.6 Å². The fraction of sp³-hybridized carbons (Fsp3) is 0.227. The van der Waals surface area contributed by atoms with Crippen LogP contribution in [0.2, 0.25) is 0 Å². The minimum atomic E-state index is -3.70. The van der Waals surface area contributed by atoms with Gasteiger partial charge in [0, 0.05) is 23.4 Å². The van der Waals surface area contributed by atoms with Crippen molar-refractivity contribution < 1.29 is 17.9 Å². The number of anilines is 1. The largest absolute Gasteiger partial charge is 0.462 e. The van der Waals surface area contributed by atoms with Crippen LogP contribution < -0.4 is 4.31 Å². The second kappa shape index (κ2) is 7.65. The predicted octanol–water partition coefficient (Wildman–Crippen LogP) is 4.65. The highest BCUT2D eigenvalue weighted by Crippen LogP contribution is 2.42. The quantitative estimate of drug-likeness (QED) is 0.569. The molecule has 0 radical (unpaired) electrons. The van der Waals surface area contributed by atoms with Gasteiger partial charge in [0.05, 0.1) is 17.2 Å². The number of nitrogens with zero attached hydrogens (tertiary/aromatic N) is 1. The Morgan fingerprint density at radius 1 is 1.10 bits per heavy atom. The molecule has 3 aromatic rings. The molecule has 0 saturated carbocycles. The molecule has 5 nitrogen and oxygen atoms in total. The predicted molar refractivity (Wildman–Crippen MR) is 115 cm³/mol. The molecule has 2 heterocycles. The number of ether oxygens (including phenoxy) is 1. The minimum Gasteiger partial charge on any atom is -0.462 e. The lowest BCUT2D eigenvalue weighted by Crippen LogP contribution is -2.32. The molecule has 0 aliphatic carbocycles. The number of carbonyl (C=O) groups excluding carboxylic acids is 1. The maximum absolute atomic E-state index is 13.4. The van der Waals surface area contributed by atoms with Crippen LogP contribution in [0.3, 0.4) is 0 Å². The van der Waals surface area contributed by atoms with Gasteiger partial charge in [-0.15, -0.1) is 11.3 Å². The van der Waals surface area contributed by atoms with Gasteiger partial charge in [0.25, 0.3) is 10.0 Å². The summed E-state index contributed by atoms with van der Waals surface area (Å²) in [6.45, 7) is 4.33. The first kappa shape index (κ1) is 19.7. The molecule has 0 spiro atoms. The van der Waals surface area contributed by atoms with Crippen molar-refractivity contribution in [1.82, 2.24) is 0 Å². The maximum Gasteiger partial charge on any atom is 0.348 e. The number of esters is 1. The third-order valence-corrected chi connectivity index (χ3v) is 7.90. The molecule has 0 saturated heterocycles. The summed E-state index contributed by atoms with van der Waals surface area (Å²) < 4.78 is 33.4. The Bertz CT molecular complexity index is 1160. The number of para-hydroxylation sites is 1. The molecule has 1 aromatic heterocycles. The first-order chi connectivity index (χ1) is 13.9. The van der Waals surface area contributed by atoms with Crippen molar-refractivity contribution in [3.8, 4) is 11.1 Å². The van der Waals surface area contributed by atoms with Gasteiger partial charge in [-0.3, -0.25) is 4.31 Å². The van der Waals surface area contributed by atoms with E-state index in [-0.39, 0.29) is 10.9 Å². The second-order valence-corrected chi connectivity index (χ2v) is 9.82. The van der Waals surface area contributed by atoms with Crippen molar-refractivity contribution in [2.24, 2.45) is 0 Å². The normalized spacial score (nSPS) is 13.4. The summed E-state index contributed by atoms with van der Waals surface area (Å²) in [4.78, 5) is 14.0. The molecule has 0 N–H and O–H groups in total. The van der Waals surface area contributed by atoms with E-state index in [2.05, 4.69) is 0 Å². The second-order valence-electron chi connectivity index (χ2n) is 6.83. The monoisotopic (exact) mass is 427 g/mol. The summed E-state index contributed by atoms with van der Waals surface area (Å²) in [7, 11) is -3.70. The fourth-order valence-electron chi connectivity index (χ4n) is 3.47. The molecular weight excluding hydrogens is 406 g/mol. The summed E-state index contributed by atoms with van der Waals surface area (Å²) in [6.07, 6.45) is 0.527. The number of sulfonamides is 1. The van der Waals surface area contributed by atoms with E-state index < -0.39 is 10.0 Å². The van der Waals surface area contributed by atoms with Crippen LogP contribution >= 0.6 is 11.3 Å². The highest BCUT2D eigenvalue weighted by Gasteiger charge is 2.31. The van der Waals surface area contributed by atoms with Gasteiger partial charge in [-0.05, 0) is 43.7 Å². The fourth-order valence-corrected chi connectivity index (χ4v) is 6.02. The van der Waals surface area contributed by atoms with Crippen LogP contribution in [0, 0.1) is 6.92 Å². The molecule has 0 amide bonds. The maximum atomic E-state index is 13.4. The van der Waals surface area contributed by atoms with E-state index in [4.69, 9.17) is 4.74 Å². The average molecular weight is 428 g/mol. The van der Waals surface area contributed by atoms with Crippen LogP contribution in [0.4, 0.5) is 5.69 Å². The Labute approximate surface area is 174 Å². The molecule has 0 unspecified atom stereocenters. The van der Waals surface area contributed by atoms with E-state index in [1.54, 1.807) is 31.2 Å². The van der Waals surface area contributed by atoms with Crippen molar-refractivity contribution in [2.45, 2.75) is 25.2 Å². The van der Waals surface area contributed by atoms with Crippen molar-refractivity contribution in [2.75, 3.05) is 17.5 Å². The Hall–Kier alpha value is -2.64. The Kier molecular flexibility index (Phi) is 5.19.